The maximum Gasteiger partial charge on any atom is 0.419 e. The van der Waals surface area contributed by atoms with E-state index in [0.29, 0.717) is 16.9 Å². The fraction of sp³-hybridized carbons (Fsp3) is 0.250. The molecule has 1 aromatic carbocycles. The van der Waals surface area contributed by atoms with Gasteiger partial charge in [-0.05, 0) is 11.6 Å². The number of methoxy groups -OCH3 is 1. The Morgan fingerprint density at radius 2 is 2.00 bits per heavy atom. The monoisotopic (exact) mass is 434 g/mol. The number of anilines is 3. The lowest BCUT2D eigenvalue weighted by Gasteiger charge is -2.17. The van der Waals surface area contributed by atoms with Gasteiger partial charge in [0, 0.05) is 44.7 Å². The normalized spacial score (nSPS) is 11.4. The van der Waals surface area contributed by atoms with E-state index in [2.05, 4.69) is 20.7 Å². The summed E-state index contributed by atoms with van der Waals surface area (Å²) in [4.78, 5) is 15.5. The lowest BCUT2D eigenvalue weighted by atomic mass is 10.1. The minimum atomic E-state index is -4.62. The number of carbonyl (C=O) groups excluding carboxylic acids is 1. The number of carbonyl (C=O) groups is 1. The molecular weight excluding hydrogens is 413 g/mol. The van der Waals surface area contributed by atoms with Gasteiger partial charge in [0.15, 0.2) is 0 Å². The first-order valence-electron chi connectivity index (χ1n) is 9.16. The Hall–Kier alpha value is -3.60. The second-order valence-corrected chi connectivity index (χ2v) is 6.71. The number of nitrogens with two attached hydrogens (primary N) is 1. The van der Waals surface area contributed by atoms with Crippen molar-refractivity contribution in [2.75, 3.05) is 17.7 Å². The van der Waals surface area contributed by atoms with Gasteiger partial charge in [-0.1, -0.05) is 18.2 Å². The molecule has 3 aromatic rings. The Morgan fingerprint density at radius 3 is 2.68 bits per heavy atom. The van der Waals surface area contributed by atoms with E-state index >= 15 is 0 Å². The minimum absolute atomic E-state index is 0.0343. The zero-order valence-corrected chi connectivity index (χ0v) is 16.8. The van der Waals surface area contributed by atoms with Crippen molar-refractivity contribution in [2.24, 2.45) is 12.8 Å². The number of pyridine rings is 1. The largest absolute Gasteiger partial charge is 0.419 e. The molecule has 0 saturated carbocycles. The van der Waals surface area contributed by atoms with Crippen LogP contribution in [0.5, 0.6) is 0 Å². The molecule has 31 heavy (non-hydrogen) atoms. The van der Waals surface area contributed by atoms with Crippen molar-refractivity contribution in [3.8, 4) is 0 Å². The Kier molecular flexibility index (Phi) is 6.44. The van der Waals surface area contributed by atoms with Gasteiger partial charge in [-0.3, -0.25) is 9.48 Å². The molecule has 0 fully saturated rings. The number of ether oxygens (including phenoxy) is 1. The SMILES string of the molecule is COCc1nn(C)cc1Nc1cc(NCc2ccccc2C(N)=O)c(C(F)(F)F)cn1. The third kappa shape index (κ3) is 5.31. The number of amides is 1. The van der Waals surface area contributed by atoms with E-state index in [1.54, 1.807) is 36.1 Å². The van der Waals surface area contributed by atoms with Gasteiger partial charge in [0.2, 0.25) is 5.91 Å². The molecule has 0 aliphatic rings. The molecule has 0 aliphatic carbocycles. The highest BCUT2D eigenvalue weighted by molar-refractivity contribution is 5.94. The second kappa shape index (κ2) is 9.04. The standard InChI is InChI=1S/C20H21F3N6O2/c1-29-10-16(17(28-29)11-31-2)27-18-7-15(14(9-26-18)20(21,22)23)25-8-12-5-3-4-6-13(12)19(24)30/h3-7,9-10H,8,11H2,1-2H3,(H2,24,30)(H2,25,26,27). The third-order valence-electron chi connectivity index (χ3n) is 4.41. The van der Waals surface area contributed by atoms with Crippen LogP contribution in [0.4, 0.5) is 30.4 Å². The molecule has 3 rings (SSSR count). The van der Waals surface area contributed by atoms with E-state index in [9.17, 15) is 18.0 Å². The summed E-state index contributed by atoms with van der Waals surface area (Å²) in [7, 11) is 3.23. The van der Waals surface area contributed by atoms with Crippen molar-refractivity contribution in [3.05, 3.63) is 65.1 Å². The number of aromatic nitrogens is 3. The summed E-state index contributed by atoms with van der Waals surface area (Å²) in [6, 6.07) is 7.69. The zero-order valence-electron chi connectivity index (χ0n) is 16.8. The van der Waals surface area contributed by atoms with Gasteiger partial charge in [0.1, 0.15) is 11.5 Å². The summed E-state index contributed by atoms with van der Waals surface area (Å²) in [5.41, 5.74) is 6.07. The smallest absolute Gasteiger partial charge is 0.380 e. The molecule has 2 heterocycles. The van der Waals surface area contributed by atoms with Gasteiger partial charge in [-0.25, -0.2) is 4.98 Å². The van der Waals surface area contributed by atoms with Gasteiger partial charge in [-0.2, -0.15) is 18.3 Å². The van der Waals surface area contributed by atoms with Crippen LogP contribution in [0.1, 0.15) is 27.2 Å². The molecule has 0 bridgehead atoms. The summed E-state index contributed by atoms with van der Waals surface area (Å²) >= 11 is 0. The number of primary amides is 1. The number of hydrogen-bond donors (Lipinski definition) is 3. The molecule has 0 saturated heterocycles. The lowest BCUT2D eigenvalue weighted by Crippen LogP contribution is -2.16. The lowest BCUT2D eigenvalue weighted by molar-refractivity contribution is -0.137. The van der Waals surface area contributed by atoms with Gasteiger partial charge in [0.05, 0.1) is 23.5 Å². The Labute approximate surface area is 176 Å². The van der Waals surface area contributed by atoms with Crippen LogP contribution in [-0.4, -0.2) is 27.8 Å². The van der Waals surface area contributed by atoms with E-state index in [1.807, 2.05) is 0 Å². The predicted octanol–water partition coefficient (Wildman–Crippen LogP) is 3.43. The van der Waals surface area contributed by atoms with E-state index in [0.717, 1.165) is 6.20 Å². The van der Waals surface area contributed by atoms with Gasteiger partial charge in [-0.15, -0.1) is 0 Å². The van der Waals surface area contributed by atoms with Crippen LogP contribution in [0, 0.1) is 0 Å². The molecule has 11 heteroatoms. The fourth-order valence-corrected chi connectivity index (χ4v) is 3.02. The van der Waals surface area contributed by atoms with Crippen LogP contribution in [0.2, 0.25) is 0 Å². The molecule has 0 spiro atoms. The molecule has 2 aromatic heterocycles. The highest BCUT2D eigenvalue weighted by Gasteiger charge is 2.34. The van der Waals surface area contributed by atoms with Crippen molar-refractivity contribution in [1.29, 1.82) is 0 Å². The molecule has 4 N–H and O–H groups in total. The average molecular weight is 434 g/mol. The van der Waals surface area contributed by atoms with Gasteiger partial charge in [0.25, 0.3) is 0 Å². The van der Waals surface area contributed by atoms with Crippen LogP contribution in [0.3, 0.4) is 0 Å². The highest BCUT2D eigenvalue weighted by Crippen LogP contribution is 2.36. The topological polar surface area (TPSA) is 107 Å². The maximum absolute atomic E-state index is 13.5. The van der Waals surface area contributed by atoms with E-state index in [1.165, 1.54) is 19.2 Å². The summed E-state index contributed by atoms with van der Waals surface area (Å²) in [5, 5.41) is 9.96. The maximum atomic E-state index is 13.5. The summed E-state index contributed by atoms with van der Waals surface area (Å²) in [5.74, 6) is -0.475. The van der Waals surface area contributed by atoms with Gasteiger partial charge < -0.3 is 21.1 Å². The highest BCUT2D eigenvalue weighted by atomic mass is 19.4. The molecule has 1 amide bonds. The van der Waals surface area contributed by atoms with Crippen molar-refractivity contribution in [3.63, 3.8) is 0 Å². The van der Waals surface area contributed by atoms with Crippen molar-refractivity contribution < 1.29 is 22.7 Å². The Bertz CT molecular complexity index is 1080. The number of rotatable bonds is 8. The molecule has 0 radical (unpaired) electrons. The Morgan fingerprint density at radius 1 is 1.26 bits per heavy atom. The summed E-state index contributed by atoms with van der Waals surface area (Å²) in [6.07, 6.45) is -2.20. The Balaban J connectivity index is 1.91. The average Bonchev–Trinajstić information content (AvgIpc) is 3.04. The number of hydrogen-bond acceptors (Lipinski definition) is 6. The molecular formula is C20H21F3N6O2. The number of aryl methyl sites for hydroxylation is 1. The molecule has 0 atom stereocenters. The molecule has 8 nitrogen and oxygen atoms in total. The molecule has 0 unspecified atom stereocenters. The van der Waals surface area contributed by atoms with E-state index in [-0.39, 0.29) is 30.2 Å². The van der Waals surface area contributed by atoms with Crippen molar-refractivity contribution in [2.45, 2.75) is 19.3 Å². The predicted molar refractivity (Wildman–Crippen MR) is 109 cm³/mol. The number of nitrogens with zero attached hydrogens (tertiary/aromatic N) is 3. The van der Waals surface area contributed by atoms with Gasteiger partial charge >= 0.3 is 6.18 Å². The fourth-order valence-electron chi connectivity index (χ4n) is 3.02. The number of alkyl halides is 3. The quantitative estimate of drug-likeness (QED) is 0.502. The number of benzene rings is 1. The third-order valence-corrected chi connectivity index (χ3v) is 4.41. The zero-order chi connectivity index (χ0) is 22.6. The molecule has 0 aliphatic heterocycles. The van der Waals surface area contributed by atoms with Crippen molar-refractivity contribution in [1.82, 2.24) is 14.8 Å². The first-order valence-corrected chi connectivity index (χ1v) is 9.16. The van der Waals surface area contributed by atoms with Crippen LogP contribution in [0.25, 0.3) is 0 Å². The van der Waals surface area contributed by atoms with Crippen LogP contribution < -0.4 is 16.4 Å². The van der Waals surface area contributed by atoms with Crippen molar-refractivity contribution >= 4 is 23.1 Å². The van der Waals surface area contributed by atoms with E-state index < -0.39 is 17.6 Å². The summed E-state index contributed by atoms with van der Waals surface area (Å²) in [6.45, 7) is 0.187. The second-order valence-electron chi connectivity index (χ2n) is 6.71. The summed E-state index contributed by atoms with van der Waals surface area (Å²) < 4.78 is 47.2. The minimum Gasteiger partial charge on any atom is -0.380 e. The van der Waals surface area contributed by atoms with Crippen LogP contribution in [-0.2, 0) is 31.1 Å². The first-order chi connectivity index (χ1) is 14.7. The number of halogens is 3. The van der Waals surface area contributed by atoms with E-state index in [4.69, 9.17) is 10.5 Å². The van der Waals surface area contributed by atoms with Crippen LogP contribution >= 0.6 is 0 Å². The first kappa shape index (κ1) is 22.1. The van der Waals surface area contributed by atoms with Crippen LogP contribution in [0.15, 0.2) is 42.7 Å². The molecule has 164 valence electrons. The number of nitrogens with one attached hydrogen (secondary N) is 2.